The van der Waals surface area contributed by atoms with Gasteiger partial charge in [-0.3, -0.25) is 13.9 Å². The molecule has 0 unspecified atom stereocenters. The topological polar surface area (TPSA) is 123 Å². The zero-order valence-corrected chi connectivity index (χ0v) is 22.4. The van der Waals surface area contributed by atoms with Crippen LogP contribution < -0.4 is 16.0 Å². The third-order valence-electron chi connectivity index (χ3n) is 6.19. The minimum Gasteiger partial charge on any atom is -0.490 e. The van der Waals surface area contributed by atoms with E-state index < -0.39 is 21.3 Å². The van der Waals surface area contributed by atoms with Crippen molar-refractivity contribution in [3.05, 3.63) is 39.0 Å². The maximum Gasteiger partial charge on any atom is 0.332 e. The lowest BCUT2D eigenvalue weighted by atomic mass is 10.2. The molecule has 1 aliphatic heterocycles. The molecule has 0 aliphatic carbocycles. The Labute approximate surface area is 210 Å². The first-order valence-corrected chi connectivity index (χ1v) is 13.5. The molecule has 36 heavy (non-hydrogen) atoms. The highest BCUT2D eigenvalue weighted by molar-refractivity contribution is 7.89. The molecule has 1 aromatic carbocycles. The number of aromatic amines is 1. The molecule has 0 saturated carbocycles. The molecule has 3 heterocycles. The molecule has 1 N–H and O–H groups in total. The van der Waals surface area contributed by atoms with Gasteiger partial charge in [-0.1, -0.05) is 13.8 Å². The first kappa shape index (κ1) is 26.1. The summed E-state index contributed by atoms with van der Waals surface area (Å²) in [6.45, 7) is 10.2. The van der Waals surface area contributed by atoms with Gasteiger partial charge in [0.05, 0.1) is 16.6 Å². The summed E-state index contributed by atoms with van der Waals surface area (Å²) in [7, 11) is -0.357. The molecule has 0 radical (unpaired) electrons. The van der Waals surface area contributed by atoms with Gasteiger partial charge in [-0.25, -0.2) is 18.2 Å². The average molecular weight is 519 g/mol. The number of nitrogens with zero attached hydrogens (tertiary/aromatic N) is 5. The van der Waals surface area contributed by atoms with Gasteiger partial charge >= 0.3 is 5.69 Å². The number of aromatic nitrogens is 4. The van der Waals surface area contributed by atoms with Crippen LogP contribution in [-0.4, -0.2) is 76.1 Å². The second-order valence-electron chi connectivity index (χ2n) is 9.97. The number of rotatable bonds is 7. The van der Waals surface area contributed by atoms with Crippen LogP contribution in [0.2, 0.25) is 0 Å². The molecule has 1 saturated heterocycles. The number of piperazine rings is 1. The van der Waals surface area contributed by atoms with Gasteiger partial charge in [0.15, 0.2) is 5.65 Å². The molecular formula is C24H34N6O5S. The number of ether oxygens (including phenoxy) is 1. The summed E-state index contributed by atoms with van der Waals surface area (Å²) in [6.07, 6.45) is -0.180. The highest BCUT2D eigenvalue weighted by Gasteiger charge is 2.29. The Hall–Kier alpha value is -2.96. The number of fused-ring (bicyclic) bond motifs is 1. The van der Waals surface area contributed by atoms with E-state index in [2.05, 4.69) is 14.9 Å². The van der Waals surface area contributed by atoms with Crippen molar-refractivity contribution in [2.75, 3.05) is 33.2 Å². The van der Waals surface area contributed by atoms with Crippen LogP contribution in [0.25, 0.3) is 22.6 Å². The van der Waals surface area contributed by atoms with E-state index in [1.54, 1.807) is 6.07 Å². The summed E-state index contributed by atoms with van der Waals surface area (Å²) >= 11 is 0. The molecule has 0 bridgehead atoms. The van der Waals surface area contributed by atoms with Gasteiger partial charge in [0.25, 0.3) is 5.56 Å². The molecule has 196 valence electrons. The number of hydrogen-bond donors (Lipinski definition) is 1. The summed E-state index contributed by atoms with van der Waals surface area (Å²) in [5.41, 5.74) is -0.142. The predicted octanol–water partition coefficient (Wildman–Crippen LogP) is 1.47. The number of nitrogens with one attached hydrogen (secondary N) is 1. The van der Waals surface area contributed by atoms with E-state index in [4.69, 9.17) is 4.74 Å². The lowest BCUT2D eigenvalue weighted by Crippen LogP contribution is -2.47. The van der Waals surface area contributed by atoms with Gasteiger partial charge in [-0.2, -0.15) is 4.31 Å². The molecule has 1 fully saturated rings. The lowest BCUT2D eigenvalue weighted by molar-refractivity contribution is 0.222. The zero-order valence-electron chi connectivity index (χ0n) is 21.6. The molecule has 2 aromatic heterocycles. The molecule has 3 aromatic rings. The first-order chi connectivity index (χ1) is 16.9. The van der Waals surface area contributed by atoms with Crippen LogP contribution in [0.3, 0.4) is 0 Å². The van der Waals surface area contributed by atoms with Crippen molar-refractivity contribution < 1.29 is 13.2 Å². The third kappa shape index (κ3) is 4.84. The average Bonchev–Trinajstić information content (AvgIpc) is 3.25. The number of hydrogen-bond acceptors (Lipinski definition) is 7. The van der Waals surface area contributed by atoms with E-state index in [0.29, 0.717) is 44.0 Å². The molecule has 1 aliphatic rings. The zero-order chi connectivity index (χ0) is 26.4. The lowest BCUT2D eigenvalue weighted by Gasteiger charge is -2.31. The summed E-state index contributed by atoms with van der Waals surface area (Å²) in [6, 6.07) is 4.68. The Balaban J connectivity index is 1.90. The fourth-order valence-electron chi connectivity index (χ4n) is 4.28. The maximum absolute atomic E-state index is 13.4. The van der Waals surface area contributed by atoms with Crippen LogP contribution >= 0.6 is 0 Å². The molecule has 0 amide bonds. The van der Waals surface area contributed by atoms with Crippen molar-refractivity contribution in [3.63, 3.8) is 0 Å². The smallest absolute Gasteiger partial charge is 0.332 e. The van der Waals surface area contributed by atoms with Crippen molar-refractivity contribution in [2.24, 2.45) is 13.0 Å². The van der Waals surface area contributed by atoms with Gasteiger partial charge in [0.2, 0.25) is 10.0 Å². The number of likely N-dealkylation sites (N-methyl/N-ethyl adjacent to an activating group) is 1. The van der Waals surface area contributed by atoms with E-state index in [0.717, 1.165) is 4.57 Å². The quantitative estimate of drug-likeness (QED) is 0.503. The minimum absolute atomic E-state index is 0.117. The summed E-state index contributed by atoms with van der Waals surface area (Å²) in [5, 5.41) is 0. The van der Waals surface area contributed by atoms with Crippen LogP contribution in [0.4, 0.5) is 0 Å². The summed E-state index contributed by atoms with van der Waals surface area (Å²) in [5.74, 6) is 0.827. The number of benzene rings is 1. The van der Waals surface area contributed by atoms with E-state index in [9.17, 15) is 18.0 Å². The van der Waals surface area contributed by atoms with E-state index in [-0.39, 0.29) is 33.9 Å². The van der Waals surface area contributed by atoms with Gasteiger partial charge in [0.1, 0.15) is 17.1 Å². The predicted molar refractivity (Wildman–Crippen MR) is 138 cm³/mol. The van der Waals surface area contributed by atoms with Crippen molar-refractivity contribution in [1.29, 1.82) is 0 Å². The number of imidazole rings is 1. The van der Waals surface area contributed by atoms with Crippen molar-refractivity contribution in [2.45, 2.75) is 45.2 Å². The molecule has 0 atom stereocenters. The second-order valence-corrected chi connectivity index (χ2v) is 11.9. The third-order valence-corrected chi connectivity index (χ3v) is 8.09. The molecule has 12 heteroatoms. The van der Waals surface area contributed by atoms with Crippen LogP contribution in [-0.2, 0) is 23.6 Å². The Kier molecular flexibility index (Phi) is 7.13. The van der Waals surface area contributed by atoms with Crippen molar-refractivity contribution in [3.8, 4) is 17.1 Å². The van der Waals surface area contributed by atoms with E-state index >= 15 is 0 Å². The highest BCUT2D eigenvalue weighted by atomic mass is 32.2. The van der Waals surface area contributed by atoms with Crippen LogP contribution in [0, 0.1) is 5.92 Å². The summed E-state index contributed by atoms with van der Waals surface area (Å²) in [4.78, 5) is 35.6. The molecule has 11 nitrogen and oxygen atoms in total. The summed E-state index contributed by atoms with van der Waals surface area (Å²) < 4.78 is 36.8. The number of H-pyrrole nitrogens is 1. The molecule has 4 rings (SSSR count). The van der Waals surface area contributed by atoms with Crippen molar-refractivity contribution >= 4 is 21.2 Å². The largest absolute Gasteiger partial charge is 0.490 e. The Bertz CT molecular complexity index is 1490. The fourth-order valence-corrected chi connectivity index (χ4v) is 5.73. The van der Waals surface area contributed by atoms with Crippen LogP contribution in [0.1, 0.15) is 27.7 Å². The first-order valence-electron chi connectivity index (χ1n) is 12.1. The van der Waals surface area contributed by atoms with Crippen molar-refractivity contribution in [1.82, 2.24) is 28.3 Å². The monoisotopic (exact) mass is 518 g/mol. The van der Waals surface area contributed by atoms with Gasteiger partial charge in [-0.15, -0.1) is 0 Å². The highest BCUT2D eigenvalue weighted by Crippen LogP contribution is 2.33. The second kappa shape index (κ2) is 9.83. The van der Waals surface area contributed by atoms with E-state index in [1.807, 2.05) is 34.7 Å². The Morgan fingerprint density at radius 3 is 2.33 bits per heavy atom. The van der Waals surface area contributed by atoms with Gasteiger partial charge in [0, 0.05) is 39.8 Å². The minimum atomic E-state index is -3.75. The van der Waals surface area contributed by atoms with Crippen LogP contribution in [0.5, 0.6) is 5.75 Å². The standard InChI is InChI=1S/C24H34N6O5S/c1-15(2)14-30-22-20(23(31)28(6)24(30)32)25-21(26-22)18-13-17(7-8-19(18)35-16(3)4)36(33,34)29-11-9-27(5)10-12-29/h7-8,13,15-16H,9-12,14H2,1-6H3,(H,25,26). The van der Waals surface area contributed by atoms with Gasteiger partial charge in [-0.05, 0) is 45.0 Å². The van der Waals surface area contributed by atoms with Crippen LogP contribution in [0.15, 0.2) is 32.7 Å². The van der Waals surface area contributed by atoms with E-state index in [1.165, 1.54) is 28.1 Å². The normalized spacial score (nSPS) is 15.9. The Morgan fingerprint density at radius 2 is 1.72 bits per heavy atom. The number of sulfonamides is 1. The maximum atomic E-state index is 13.4. The van der Waals surface area contributed by atoms with Gasteiger partial charge < -0.3 is 14.6 Å². The molecular weight excluding hydrogens is 484 g/mol. The molecule has 0 spiro atoms. The fraction of sp³-hybridized carbons (Fsp3) is 0.542. The Morgan fingerprint density at radius 1 is 1.06 bits per heavy atom. The SMILES string of the molecule is CC(C)Cn1c(=O)n(C)c(=O)c2[nH]c(-c3cc(S(=O)(=O)N4CCN(C)CC4)ccc3OC(C)C)nc21.